The van der Waals surface area contributed by atoms with Gasteiger partial charge >= 0.3 is 0 Å². The van der Waals surface area contributed by atoms with E-state index in [1.165, 1.54) is 0 Å². The van der Waals surface area contributed by atoms with Crippen molar-refractivity contribution in [3.63, 3.8) is 0 Å². The SMILES string of the molecule is COc1ccc(Cc2nc3ccc(CN)cc3o2)cc1. The van der Waals surface area contributed by atoms with Gasteiger partial charge in [0.25, 0.3) is 0 Å². The van der Waals surface area contributed by atoms with Crippen molar-refractivity contribution in [2.45, 2.75) is 13.0 Å². The zero-order chi connectivity index (χ0) is 13.9. The summed E-state index contributed by atoms with van der Waals surface area (Å²) in [6.07, 6.45) is 0.663. The Morgan fingerprint density at radius 3 is 2.55 bits per heavy atom. The van der Waals surface area contributed by atoms with Crippen molar-refractivity contribution in [1.29, 1.82) is 0 Å². The first kappa shape index (κ1) is 12.7. The van der Waals surface area contributed by atoms with E-state index in [9.17, 15) is 0 Å². The predicted octanol–water partition coefficient (Wildman–Crippen LogP) is 2.89. The van der Waals surface area contributed by atoms with Crippen LogP contribution in [-0.4, -0.2) is 12.1 Å². The number of nitrogens with zero attached hydrogens (tertiary/aromatic N) is 1. The average molecular weight is 268 g/mol. The van der Waals surface area contributed by atoms with E-state index in [0.717, 1.165) is 28.0 Å². The number of hydrogen-bond donors (Lipinski definition) is 1. The second-order valence-corrected chi connectivity index (χ2v) is 4.64. The van der Waals surface area contributed by atoms with Crippen LogP contribution in [0.4, 0.5) is 0 Å². The first-order valence-electron chi connectivity index (χ1n) is 6.50. The summed E-state index contributed by atoms with van der Waals surface area (Å²) in [4.78, 5) is 4.49. The van der Waals surface area contributed by atoms with Gasteiger partial charge in [-0.25, -0.2) is 4.98 Å². The lowest BCUT2D eigenvalue weighted by atomic mass is 10.1. The lowest BCUT2D eigenvalue weighted by Crippen LogP contribution is -1.94. The Morgan fingerprint density at radius 2 is 1.85 bits per heavy atom. The molecule has 3 rings (SSSR count). The van der Waals surface area contributed by atoms with E-state index in [4.69, 9.17) is 14.9 Å². The molecule has 0 aliphatic heterocycles. The molecule has 0 unspecified atom stereocenters. The van der Waals surface area contributed by atoms with Gasteiger partial charge in [-0.2, -0.15) is 0 Å². The zero-order valence-electron chi connectivity index (χ0n) is 11.3. The molecule has 0 radical (unpaired) electrons. The van der Waals surface area contributed by atoms with Gasteiger partial charge in [-0.15, -0.1) is 0 Å². The molecule has 0 amide bonds. The Hall–Kier alpha value is -2.33. The highest BCUT2D eigenvalue weighted by Gasteiger charge is 2.07. The highest BCUT2D eigenvalue weighted by atomic mass is 16.5. The van der Waals surface area contributed by atoms with E-state index in [-0.39, 0.29) is 0 Å². The smallest absolute Gasteiger partial charge is 0.199 e. The number of ether oxygens (including phenoxy) is 1. The number of rotatable bonds is 4. The molecule has 4 heteroatoms. The van der Waals surface area contributed by atoms with Crippen molar-refractivity contribution in [3.8, 4) is 5.75 Å². The monoisotopic (exact) mass is 268 g/mol. The number of methoxy groups -OCH3 is 1. The summed E-state index contributed by atoms with van der Waals surface area (Å²) in [7, 11) is 1.66. The van der Waals surface area contributed by atoms with Crippen molar-refractivity contribution in [2.24, 2.45) is 5.73 Å². The molecule has 102 valence electrons. The maximum absolute atomic E-state index is 5.77. The lowest BCUT2D eigenvalue weighted by molar-refractivity contribution is 0.414. The molecular formula is C16H16N2O2. The third kappa shape index (κ3) is 2.51. The maximum atomic E-state index is 5.77. The van der Waals surface area contributed by atoms with Gasteiger partial charge in [-0.1, -0.05) is 18.2 Å². The summed E-state index contributed by atoms with van der Waals surface area (Å²) in [5.41, 5.74) is 9.46. The second kappa shape index (κ2) is 5.35. The van der Waals surface area contributed by atoms with Crippen molar-refractivity contribution < 1.29 is 9.15 Å². The molecule has 2 N–H and O–H groups in total. The largest absolute Gasteiger partial charge is 0.497 e. The van der Waals surface area contributed by atoms with Crippen molar-refractivity contribution >= 4 is 11.1 Å². The molecular weight excluding hydrogens is 252 g/mol. The van der Waals surface area contributed by atoms with Crippen LogP contribution in [-0.2, 0) is 13.0 Å². The number of benzene rings is 2. The summed E-state index contributed by atoms with van der Waals surface area (Å²) in [5, 5.41) is 0. The summed E-state index contributed by atoms with van der Waals surface area (Å²) >= 11 is 0. The molecule has 1 aromatic heterocycles. The molecule has 0 aliphatic carbocycles. The Labute approximate surface area is 117 Å². The van der Waals surface area contributed by atoms with Crippen molar-refractivity contribution in [1.82, 2.24) is 4.98 Å². The minimum absolute atomic E-state index is 0.504. The molecule has 0 fully saturated rings. The van der Waals surface area contributed by atoms with E-state index >= 15 is 0 Å². The van der Waals surface area contributed by atoms with Crippen LogP contribution in [0, 0.1) is 0 Å². The minimum Gasteiger partial charge on any atom is -0.497 e. The first-order chi connectivity index (χ1) is 9.78. The maximum Gasteiger partial charge on any atom is 0.199 e. The molecule has 0 saturated carbocycles. The standard InChI is InChI=1S/C16H16N2O2/c1-19-13-5-2-11(3-6-13)9-16-18-14-7-4-12(10-17)8-15(14)20-16/h2-8H,9-10,17H2,1H3. The quantitative estimate of drug-likeness (QED) is 0.790. The average Bonchev–Trinajstić information content (AvgIpc) is 2.89. The normalized spacial score (nSPS) is 10.9. The molecule has 2 aromatic carbocycles. The highest BCUT2D eigenvalue weighted by Crippen LogP contribution is 2.20. The van der Waals surface area contributed by atoms with Crippen LogP contribution in [0.3, 0.4) is 0 Å². The van der Waals surface area contributed by atoms with Gasteiger partial charge in [0, 0.05) is 13.0 Å². The van der Waals surface area contributed by atoms with Gasteiger partial charge in [-0.05, 0) is 35.4 Å². The van der Waals surface area contributed by atoms with Crippen LogP contribution in [0.25, 0.3) is 11.1 Å². The van der Waals surface area contributed by atoms with Crippen LogP contribution >= 0.6 is 0 Å². The van der Waals surface area contributed by atoms with E-state index < -0.39 is 0 Å². The van der Waals surface area contributed by atoms with Crippen LogP contribution < -0.4 is 10.5 Å². The van der Waals surface area contributed by atoms with Gasteiger partial charge in [0.2, 0.25) is 0 Å². The molecule has 20 heavy (non-hydrogen) atoms. The third-order valence-corrected chi connectivity index (χ3v) is 3.25. The fourth-order valence-corrected chi connectivity index (χ4v) is 2.14. The predicted molar refractivity (Wildman–Crippen MR) is 77.7 cm³/mol. The Balaban J connectivity index is 1.86. The summed E-state index contributed by atoms with van der Waals surface area (Å²) in [5.74, 6) is 1.55. The number of oxazole rings is 1. The Bertz CT molecular complexity index is 717. The molecule has 1 heterocycles. The van der Waals surface area contributed by atoms with Crippen LogP contribution in [0.15, 0.2) is 46.9 Å². The van der Waals surface area contributed by atoms with Crippen LogP contribution in [0.2, 0.25) is 0 Å². The fraction of sp³-hybridized carbons (Fsp3) is 0.188. The number of aromatic nitrogens is 1. The summed E-state index contributed by atoms with van der Waals surface area (Å²) in [6.45, 7) is 0.504. The van der Waals surface area contributed by atoms with Gasteiger partial charge < -0.3 is 14.9 Å². The zero-order valence-corrected chi connectivity index (χ0v) is 11.3. The number of nitrogens with two attached hydrogens (primary N) is 1. The molecule has 0 atom stereocenters. The topological polar surface area (TPSA) is 61.3 Å². The van der Waals surface area contributed by atoms with Gasteiger partial charge in [0.05, 0.1) is 7.11 Å². The second-order valence-electron chi connectivity index (χ2n) is 4.64. The number of fused-ring (bicyclic) bond motifs is 1. The van der Waals surface area contributed by atoms with Gasteiger partial charge in [0.1, 0.15) is 11.3 Å². The number of hydrogen-bond acceptors (Lipinski definition) is 4. The van der Waals surface area contributed by atoms with Crippen LogP contribution in [0.5, 0.6) is 5.75 Å². The Morgan fingerprint density at radius 1 is 1.10 bits per heavy atom. The van der Waals surface area contributed by atoms with Gasteiger partial charge in [-0.3, -0.25) is 0 Å². The van der Waals surface area contributed by atoms with E-state index in [2.05, 4.69) is 4.98 Å². The lowest BCUT2D eigenvalue weighted by Gasteiger charge is -2.00. The summed E-state index contributed by atoms with van der Waals surface area (Å²) in [6, 6.07) is 13.8. The summed E-state index contributed by atoms with van der Waals surface area (Å²) < 4.78 is 10.9. The fourth-order valence-electron chi connectivity index (χ4n) is 2.14. The van der Waals surface area contributed by atoms with Gasteiger partial charge in [0.15, 0.2) is 11.5 Å². The molecule has 0 saturated heterocycles. The van der Waals surface area contributed by atoms with Crippen molar-refractivity contribution in [3.05, 3.63) is 59.5 Å². The van der Waals surface area contributed by atoms with Crippen LogP contribution in [0.1, 0.15) is 17.0 Å². The highest BCUT2D eigenvalue weighted by molar-refractivity contribution is 5.73. The molecule has 0 spiro atoms. The molecule has 4 nitrogen and oxygen atoms in total. The van der Waals surface area contributed by atoms with E-state index in [1.807, 2.05) is 42.5 Å². The Kier molecular flexibility index (Phi) is 3.39. The minimum atomic E-state index is 0.504. The molecule has 0 bridgehead atoms. The molecule has 0 aliphatic rings. The van der Waals surface area contributed by atoms with E-state index in [0.29, 0.717) is 18.9 Å². The first-order valence-corrected chi connectivity index (χ1v) is 6.50. The third-order valence-electron chi connectivity index (χ3n) is 3.25. The molecule has 3 aromatic rings. The van der Waals surface area contributed by atoms with E-state index in [1.54, 1.807) is 7.11 Å². The van der Waals surface area contributed by atoms with Crippen molar-refractivity contribution in [2.75, 3.05) is 7.11 Å².